The minimum Gasteiger partial charge on any atom is -0.477 e. The van der Waals surface area contributed by atoms with Crippen molar-refractivity contribution in [1.29, 1.82) is 0 Å². The second-order valence-corrected chi connectivity index (χ2v) is 6.40. The van der Waals surface area contributed by atoms with E-state index in [0.29, 0.717) is 27.0 Å². The third kappa shape index (κ3) is 3.69. The Hall–Kier alpha value is -2.50. The number of hydrogen-bond acceptors (Lipinski definition) is 3. The first kappa shape index (κ1) is 18.3. The Morgan fingerprint density at radius 3 is 2.73 bits per heavy atom. The third-order valence-corrected chi connectivity index (χ3v) is 4.80. The van der Waals surface area contributed by atoms with Crippen molar-refractivity contribution in [2.24, 2.45) is 0 Å². The van der Waals surface area contributed by atoms with Gasteiger partial charge in [0.2, 0.25) is 0 Å². The van der Waals surface area contributed by atoms with E-state index >= 15 is 0 Å². The van der Waals surface area contributed by atoms with Gasteiger partial charge in [-0.05, 0) is 29.8 Å². The number of amides is 2. The molecule has 0 radical (unpaired) electrons. The van der Waals surface area contributed by atoms with Crippen molar-refractivity contribution in [2.45, 2.75) is 6.10 Å². The molecule has 134 valence electrons. The number of ether oxygens (including phenoxy) is 1. The van der Waals surface area contributed by atoms with E-state index in [1.54, 1.807) is 48.5 Å². The SMILES string of the molecule is CNC(=O)[C@@H]1CN(C(=O)/C=C/c2cccc(Cl)c2Cl)c2ccccc2O1. The first-order valence-corrected chi connectivity index (χ1v) is 8.67. The van der Waals surface area contributed by atoms with Crippen LogP contribution in [-0.4, -0.2) is 31.5 Å². The Morgan fingerprint density at radius 2 is 1.96 bits per heavy atom. The molecule has 26 heavy (non-hydrogen) atoms. The lowest BCUT2D eigenvalue weighted by Crippen LogP contribution is -2.49. The number of halogens is 2. The van der Waals surface area contributed by atoms with Crippen LogP contribution in [0.2, 0.25) is 10.0 Å². The van der Waals surface area contributed by atoms with Crippen LogP contribution in [0.1, 0.15) is 5.56 Å². The lowest BCUT2D eigenvalue weighted by molar-refractivity contribution is -0.127. The monoisotopic (exact) mass is 390 g/mol. The molecule has 0 fully saturated rings. The molecule has 1 N–H and O–H groups in total. The van der Waals surface area contributed by atoms with Crippen LogP contribution in [0.25, 0.3) is 6.08 Å². The number of benzene rings is 2. The van der Waals surface area contributed by atoms with Crippen molar-refractivity contribution in [1.82, 2.24) is 5.32 Å². The number of fused-ring (bicyclic) bond motifs is 1. The van der Waals surface area contributed by atoms with E-state index in [9.17, 15) is 9.59 Å². The summed E-state index contributed by atoms with van der Waals surface area (Å²) in [4.78, 5) is 26.3. The van der Waals surface area contributed by atoms with E-state index in [1.165, 1.54) is 18.0 Å². The highest BCUT2D eigenvalue weighted by Crippen LogP contribution is 2.33. The summed E-state index contributed by atoms with van der Waals surface area (Å²) in [5.74, 6) is -0.0975. The molecule has 0 aromatic heterocycles. The van der Waals surface area contributed by atoms with Crippen molar-refractivity contribution >= 4 is 46.8 Å². The Kier molecular flexibility index (Phi) is 5.49. The second-order valence-electron chi connectivity index (χ2n) is 5.61. The summed E-state index contributed by atoms with van der Waals surface area (Å²) >= 11 is 12.1. The van der Waals surface area contributed by atoms with Gasteiger partial charge in [0, 0.05) is 13.1 Å². The molecule has 3 rings (SSSR count). The summed E-state index contributed by atoms with van der Waals surface area (Å²) in [6.07, 6.45) is 2.23. The average Bonchev–Trinajstić information content (AvgIpc) is 2.67. The van der Waals surface area contributed by atoms with Crippen LogP contribution < -0.4 is 15.0 Å². The highest BCUT2D eigenvalue weighted by Gasteiger charge is 2.32. The molecule has 1 aliphatic rings. The molecule has 2 aromatic carbocycles. The fourth-order valence-electron chi connectivity index (χ4n) is 2.64. The molecule has 0 unspecified atom stereocenters. The third-order valence-electron chi connectivity index (χ3n) is 3.97. The van der Waals surface area contributed by atoms with Crippen LogP contribution in [-0.2, 0) is 9.59 Å². The Morgan fingerprint density at radius 1 is 1.19 bits per heavy atom. The Bertz CT molecular complexity index is 883. The van der Waals surface area contributed by atoms with E-state index in [-0.39, 0.29) is 18.4 Å². The zero-order valence-electron chi connectivity index (χ0n) is 13.9. The number of rotatable bonds is 3. The number of anilines is 1. The van der Waals surface area contributed by atoms with Crippen molar-refractivity contribution in [3.8, 4) is 5.75 Å². The quantitative estimate of drug-likeness (QED) is 0.815. The lowest BCUT2D eigenvalue weighted by Gasteiger charge is -2.33. The molecule has 1 heterocycles. The van der Waals surface area contributed by atoms with Crippen molar-refractivity contribution in [3.63, 3.8) is 0 Å². The van der Waals surface area contributed by atoms with Crippen molar-refractivity contribution in [2.75, 3.05) is 18.5 Å². The average molecular weight is 391 g/mol. The van der Waals surface area contributed by atoms with Gasteiger partial charge in [-0.3, -0.25) is 9.59 Å². The molecule has 0 spiro atoms. The summed E-state index contributed by atoms with van der Waals surface area (Å²) in [5, 5.41) is 3.34. The van der Waals surface area contributed by atoms with E-state index in [2.05, 4.69) is 5.32 Å². The highest BCUT2D eigenvalue weighted by molar-refractivity contribution is 6.42. The Balaban J connectivity index is 1.89. The second kappa shape index (κ2) is 7.81. The summed E-state index contributed by atoms with van der Waals surface area (Å²) in [5.41, 5.74) is 1.25. The molecule has 2 amide bonds. The summed E-state index contributed by atoms with van der Waals surface area (Å²) in [7, 11) is 1.53. The number of para-hydroxylation sites is 2. The van der Waals surface area contributed by atoms with Gasteiger partial charge in [-0.1, -0.05) is 47.5 Å². The van der Waals surface area contributed by atoms with Gasteiger partial charge in [0.15, 0.2) is 6.10 Å². The number of carbonyl (C=O) groups is 2. The molecule has 0 saturated carbocycles. The molecular formula is C19H16Cl2N2O3. The number of nitrogens with one attached hydrogen (secondary N) is 1. The molecule has 5 nitrogen and oxygen atoms in total. The van der Waals surface area contributed by atoms with Crippen LogP contribution >= 0.6 is 23.2 Å². The maximum atomic E-state index is 12.8. The van der Waals surface area contributed by atoms with E-state index in [4.69, 9.17) is 27.9 Å². The van der Waals surface area contributed by atoms with Crippen molar-refractivity contribution < 1.29 is 14.3 Å². The minimum absolute atomic E-state index is 0.114. The van der Waals surface area contributed by atoms with Crippen LogP contribution in [0.5, 0.6) is 5.75 Å². The summed E-state index contributed by atoms with van der Waals surface area (Å²) in [6, 6.07) is 12.3. The van der Waals surface area contributed by atoms with Crippen LogP contribution in [0, 0.1) is 0 Å². The van der Waals surface area contributed by atoms with Gasteiger partial charge in [0.25, 0.3) is 11.8 Å². The summed E-state index contributed by atoms with van der Waals surface area (Å²) in [6.45, 7) is 0.114. The zero-order chi connectivity index (χ0) is 18.7. The maximum Gasteiger partial charge on any atom is 0.262 e. The van der Waals surface area contributed by atoms with Gasteiger partial charge in [-0.15, -0.1) is 0 Å². The largest absolute Gasteiger partial charge is 0.477 e. The lowest BCUT2D eigenvalue weighted by atomic mass is 10.1. The molecule has 0 saturated heterocycles. The molecular weight excluding hydrogens is 375 g/mol. The number of likely N-dealkylation sites (N-methyl/N-ethyl adjacent to an activating group) is 1. The molecule has 1 atom stereocenters. The van der Waals surface area contributed by atoms with Gasteiger partial charge in [0.1, 0.15) is 5.75 Å². The topological polar surface area (TPSA) is 58.6 Å². The molecule has 0 bridgehead atoms. The van der Waals surface area contributed by atoms with Crippen LogP contribution in [0.4, 0.5) is 5.69 Å². The first-order chi connectivity index (χ1) is 12.5. The fourth-order valence-corrected chi connectivity index (χ4v) is 3.01. The van der Waals surface area contributed by atoms with Gasteiger partial charge in [0.05, 0.1) is 22.3 Å². The minimum atomic E-state index is -0.776. The van der Waals surface area contributed by atoms with E-state index < -0.39 is 6.10 Å². The summed E-state index contributed by atoms with van der Waals surface area (Å²) < 4.78 is 5.69. The van der Waals surface area contributed by atoms with Gasteiger partial charge in [-0.25, -0.2) is 0 Å². The smallest absolute Gasteiger partial charge is 0.262 e. The van der Waals surface area contributed by atoms with Gasteiger partial charge >= 0.3 is 0 Å². The fraction of sp³-hybridized carbons (Fsp3) is 0.158. The zero-order valence-corrected chi connectivity index (χ0v) is 15.4. The van der Waals surface area contributed by atoms with Crippen LogP contribution in [0.15, 0.2) is 48.5 Å². The van der Waals surface area contributed by atoms with Gasteiger partial charge in [-0.2, -0.15) is 0 Å². The van der Waals surface area contributed by atoms with Crippen LogP contribution in [0.3, 0.4) is 0 Å². The van der Waals surface area contributed by atoms with Crippen molar-refractivity contribution in [3.05, 3.63) is 64.1 Å². The normalized spacial score (nSPS) is 16.1. The number of carbonyl (C=O) groups excluding carboxylic acids is 2. The van der Waals surface area contributed by atoms with E-state index in [1.807, 2.05) is 0 Å². The van der Waals surface area contributed by atoms with Gasteiger partial charge < -0.3 is 15.0 Å². The highest BCUT2D eigenvalue weighted by atomic mass is 35.5. The first-order valence-electron chi connectivity index (χ1n) is 7.92. The molecule has 2 aromatic rings. The Labute approximate surface area is 161 Å². The standard InChI is InChI=1S/C19H16Cl2N2O3/c1-22-19(25)16-11-23(14-7-2-3-8-15(14)26-16)17(24)10-9-12-5-4-6-13(20)18(12)21/h2-10,16H,11H2,1H3,(H,22,25)/b10-9+/t16-/m0/s1. The molecule has 7 heteroatoms. The predicted octanol–water partition coefficient (Wildman–Crippen LogP) is 3.55. The number of hydrogen-bond donors (Lipinski definition) is 1. The molecule has 1 aliphatic heterocycles. The predicted molar refractivity (Wildman–Crippen MR) is 103 cm³/mol. The van der Waals surface area contributed by atoms with E-state index in [0.717, 1.165) is 0 Å². The molecule has 0 aliphatic carbocycles. The maximum absolute atomic E-state index is 12.8. The number of nitrogens with zero attached hydrogens (tertiary/aromatic N) is 1.